The number of aromatic nitrogens is 1. The Balaban J connectivity index is 3.11. The van der Waals surface area contributed by atoms with Gasteiger partial charge in [0, 0.05) is 5.46 Å². The second kappa shape index (κ2) is 4.34. The second-order valence-electron chi connectivity index (χ2n) is 2.51. The van der Waals surface area contributed by atoms with Gasteiger partial charge in [-0.25, -0.2) is 13.8 Å². The van der Waals surface area contributed by atoms with Crippen molar-refractivity contribution in [3.8, 4) is 5.88 Å². The zero-order valence-corrected chi connectivity index (χ0v) is 7.32. The van der Waals surface area contributed by atoms with E-state index >= 15 is 0 Å². The van der Waals surface area contributed by atoms with E-state index in [9.17, 15) is 8.78 Å². The lowest BCUT2D eigenvalue weighted by molar-refractivity contribution is 0.145. The summed E-state index contributed by atoms with van der Waals surface area (Å²) >= 11 is 0. The molecule has 1 aromatic rings. The SMILES string of the molecule is COc1nc(C(F)F)ccc1B(O)O. The summed E-state index contributed by atoms with van der Waals surface area (Å²) in [5.74, 6) is -0.210. The van der Waals surface area contributed by atoms with Crippen LogP contribution >= 0.6 is 0 Å². The van der Waals surface area contributed by atoms with Crippen LogP contribution in [0.1, 0.15) is 12.1 Å². The van der Waals surface area contributed by atoms with Crippen LogP contribution in [0.15, 0.2) is 12.1 Å². The summed E-state index contributed by atoms with van der Waals surface area (Å²) in [4.78, 5) is 3.42. The number of alkyl halides is 2. The molecule has 14 heavy (non-hydrogen) atoms. The molecule has 0 aliphatic heterocycles. The molecule has 0 amide bonds. The van der Waals surface area contributed by atoms with E-state index in [-0.39, 0.29) is 11.3 Å². The van der Waals surface area contributed by atoms with E-state index in [0.29, 0.717) is 0 Å². The monoisotopic (exact) mass is 203 g/mol. The number of halogens is 2. The molecule has 2 N–H and O–H groups in total. The fraction of sp³-hybridized carbons (Fsp3) is 0.286. The summed E-state index contributed by atoms with van der Waals surface area (Å²) in [6.07, 6.45) is -2.71. The predicted octanol–water partition coefficient (Wildman–Crippen LogP) is -0.292. The van der Waals surface area contributed by atoms with E-state index in [1.807, 2.05) is 0 Å². The minimum atomic E-state index is -2.71. The van der Waals surface area contributed by atoms with Gasteiger partial charge in [0.1, 0.15) is 5.69 Å². The van der Waals surface area contributed by atoms with E-state index in [2.05, 4.69) is 9.72 Å². The molecular formula is C7H8BF2NO3. The minimum absolute atomic E-state index is 0.0445. The molecule has 76 valence electrons. The summed E-state index contributed by atoms with van der Waals surface area (Å²) < 4.78 is 29.0. The largest absolute Gasteiger partial charge is 0.494 e. The highest BCUT2D eigenvalue weighted by Gasteiger charge is 2.20. The topological polar surface area (TPSA) is 62.6 Å². The molecule has 4 nitrogen and oxygen atoms in total. The molecule has 0 saturated carbocycles. The lowest BCUT2D eigenvalue weighted by atomic mass is 9.81. The highest BCUT2D eigenvalue weighted by molar-refractivity contribution is 6.59. The van der Waals surface area contributed by atoms with Crippen LogP contribution in [0.5, 0.6) is 5.88 Å². The van der Waals surface area contributed by atoms with Crippen molar-refractivity contribution in [2.24, 2.45) is 0 Å². The van der Waals surface area contributed by atoms with Gasteiger partial charge in [0.15, 0.2) is 0 Å². The van der Waals surface area contributed by atoms with Crippen molar-refractivity contribution in [3.63, 3.8) is 0 Å². The molecule has 0 radical (unpaired) electrons. The molecule has 7 heteroatoms. The van der Waals surface area contributed by atoms with Gasteiger partial charge in [-0.3, -0.25) is 0 Å². The first kappa shape index (κ1) is 10.9. The van der Waals surface area contributed by atoms with Gasteiger partial charge in [0.25, 0.3) is 6.43 Å². The average Bonchev–Trinajstić information content (AvgIpc) is 2.16. The summed E-state index contributed by atoms with van der Waals surface area (Å²) in [5, 5.41) is 17.6. The van der Waals surface area contributed by atoms with Gasteiger partial charge in [-0.05, 0) is 6.07 Å². The summed E-state index contributed by atoms with van der Waals surface area (Å²) in [5.41, 5.74) is -0.511. The number of pyridine rings is 1. The van der Waals surface area contributed by atoms with Gasteiger partial charge >= 0.3 is 7.12 Å². The molecule has 0 spiro atoms. The lowest BCUT2D eigenvalue weighted by Crippen LogP contribution is -2.32. The van der Waals surface area contributed by atoms with Crippen LogP contribution in [0.3, 0.4) is 0 Å². The molecule has 1 rings (SSSR count). The second-order valence-corrected chi connectivity index (χ2v) is 2.51. The maximum absolute atomic E-state index is 12.2. The normalized spacial score (nSPS) is 10.4. The van der Waals surface area contributed by atoms with Crippen LogP contribution in [0.25, 0.3) is 0 Å². The van der Waals surface area contributed by atoms with Crippen LogP contribution in [-0.2, 0) is 0 Å². The number of hydrogen-bond donors (Lipinski definition) is 2. The van der Waals surface area contributed by atoms with E-state index in [0.717, 1.165) is 12.1 Å². The molecule has 1 heterocycles. The Morgan fingerprint density at radius 3 is 2.50 bits per heavy atom. The molecule has 0 aromatic carbocycles. The van der Waals surface area contributed by atoms with E-state index in [1.54, 1.807) is 0 Å². The molecule has 0 aliphatic carbocycles. The zero-order chi connectivity index (χ0) is 10.7. The van der Waals surface area contributed by atoms with Gasteiger partial charge < -0.3 is 14.8 Å². The lowest BCUT2D eigenvalue weighted by Gasteiger charge is -2.07. The van der Waals surface area contributed by atoms with Crippen LogP contribution in [0, 0.1) is 0 Å². The Morgan fingerprint density at radius 1 is 1.43 bits per heavy atom. The molecule has 0 bridgehead atoms. The van der Waals surface area contributed by atoms with Crippen molar-refractivity contribution in [2.75, 3.05) is 7.11 Å². The number of hydrogen-bond acceptors (Lipinski definition) is 4. The van der Waals surface area contributed by atoms with E-state index in [4.69, 9.17) is 10.0 Å². The summed E-state index contributed by atoms with van der Waals surface area (Å²) in [7, 11) is -0.576. The standard InChI is InChI=1S/C7H8BF2NO3/c1-14-7-4(8(12)13)2-3-5(11-7)6(9)10/h2-3,6,12-13H,1H3. The smallest absolute Gasteiger partial charge is 0.481 e. The van der Waals surface area contributed by atoms with Gasteiger partial charge in [0.2, 0.25) is 5.88 Å². The number of nitrogens with zero attached hydrogens (tertiary/aromatic N) is 1. The Kier molecular flexibility index (Phi) is 3.37. The molecule has 0 saturated heterocycles. The van der Waals surface area contributed by atoms with Gasteiger partial charge in [0.05, 0.1) is 7.11 Å². The van der Waals surface area contributed by atoms with Crippen molar-refractivity contribution in [1.82, 2.24) is 4.98 Å². The average molecular weight is 203 g/mol. The Bertz CT molecular complexity index is 322. The van der Waals surface area contributed by atoms with E-state index < -0.39 is 19.2 Å². The number of ether oxygens (including phenoxy) is 1. The third kappa shape index (κ3) is 2.18. The van der Waals surface area contributed by atoms with Crippen molar-refractivity contribution in [2.45, 2.75) is 6.43 Å². The molecule has 0 aliphatic rings. The van der Waals surface area contributed by atoms with Gasteiger partial charge in [-0.2, -0.15) is 0 Å². The molecular weight excluding hydrogens is 195 g/mol. The number of rotatable bonds is 3. The number of methoxy groups -OCH3 is 1. The van der Waals surface area contributed by atoms with Crippen molar-refractivity contribution < 1.29 is 23.6 Å². The summed E-state index contributed by atoms with van der Waals surface area (Å²) in [6.45, 7) is 0. The van der Waals surface area contributed by atoms with Crippen LogP contribution < -0.4 is 10.2 Å². The molecule has 0 unspecified atom stereocenters. The molecule has 0 atom stereocenters. The van der Waals surface area contributed by atoms with Crippen molar-refractivity contribution in [1.29, 1.82) is 0 Å². The zero-order valence-electron chi connectivity index (χ0n) is 7.32. The maximum Gasteiger partial charge on any atom is 0.494 e. The Hall–Kier alpha value is -1.21. The van der Waals surface area contributed by atoms with Crippen LogP contribution in [-0.4, -0.2) is 29.3 Å². The van der Waals surface area contributed by atoms with Crippen molar-refractivity contribution >= 4 is 12.6 Å². The highest BCUT2D eigenvalue weighted by Crippen LogP contribution is 2.17. The quantitative estimate of drug-likeness (QED) is 0.662. The predicted molar refractivity (Wildman–Crippen MR) is 45.6 cm³/mol. The van der Waals surface area contributed by atoms with Gasteiger partial charge in [-0.15, -0.1) is 0 Å². The Labute approximate surface area is 79.3 Å². The first-order valence-corrected chi connectivity index (χ1v) is 3.75. The first-order valence-electron chi connectivity index (χ1n) is 3.75. The first-order chi connectivity index (χ1) is 6.56. The van der Waals surface area contributed by atoms with Crippen LogP contribution in [0.4, 0.5) is 8.78 Å². The fourth-order valence-electron chi connectivity index (χ4n) is 0.947. The third-order valence-corrected chi connectivity index (χ3v) is 1.61. The minimum Gasteiger partial charge on any atom is -0.481 e. The fourth-order valence-corrected chi connectivity index (χ4v) is 0.947. The van der Waals surface area contributed by atoms with Crippen molar-refractivity contribution in [3.05, 3.63) is 17.8 Å². The van der Waals surface area contributed by atoms with Gasteiger partial charge in [-0.1, -0.05) is 6.07 Å². The Morgan fingerprint density at radius 2 is 2.07 bits per heavy atom. The molecule has 0 fully saturated rings. The highest BCUT2D eigenvalue weighted by atomic mass is 19.3. The maximum atomic E-state index is 12.2. The third-order valence-electron chi connectivity index (χ3n) is 1.61. The van der Waals surface area contributed by atoms with E-state index in [1.165, 1.54) is 7.11 Å². The summed E-state index contributed by atoms with van der Waals surface area (Å²) in [6, 6.07) is 2.15. The molecule has 1 aromatic heterocycles. The van der Waals surface area contributed by atoms with Crippen LogP contribution in [0.2, 0.25) is 0 Å².